The molecule has 78 valence electrons. The van der Waals surface area contributed by atoms with Crippen LogP contribution in [0.3, 0.4) is 0 Å². The summed E-state index contributed by atoms with van der Waals surface area (Å²) in [5.74, 6) is -0.187. The van der Waals surface area contributed by atoms with Crippen molar-refractivity contribution in [3.8, 4) is 0 Å². The van der Waals surface area contributed by atoms with Gasteiger partial charge < -0.3 is 15.2 Å². The minimum atomic E-state index is -0.187. The summed E-state index contributed by atoms with van der Waals surface area (Å²) < 4.78 is 4.97. The summed E-state index contributed by atoms with van der Waals surface area (Å²) in [5.41, 5.74) is 0. The molecule has 1 amide bonds. The Labute approximate surface area is 85.7 Å². The number of hydrogen-bond acceptors (Lipinski definition) is 5. The molecule has 0 aliphatic carbocycles. The van der Waals surface area contributed by atoms with Crippen LogP contribution < -0.4 is 5.32 Å². The maximum Gasteiger partial charge on any atom is 0.280 e. The van der Waals surface area contributed by atoms with E-state index in [1.54, 1.807) is 11.6 Å². The standard InChI is InChI=1S/C8H12N2O3S/c11-3-5-13-4-1-9-7(12)8-10-2-6-14-8/h2,6,11H,1,3-5H2,(H,9,12). The average molecular weight is 216 g/mol. The summed E-state index contributed by atoms with van der Waals surface area (Å²) in [6, 6.07) is 0. The summed E-state index contributed by atoms with van der Waals surface area (Å²) in [4.78, 5) is 15.1. The molecule has 0 saturated carbocycles. The van der Waals surface area contributed by atoms with Crippen LogP contribution in [0.1, 0.15) is 9.80 Å². The Morgan fingerprint density at radius 3 is 3.14 bits per heavy atom. The first kappa shape index (κ1) is 11.1. The number of thiazole rings is 1. The third-order valence-corrected chi connectivity index (χ3v) is 2.17. The lowest BCUT2D eigenvalue weighted by atomic mass is 10.6. The second-order valence-corrected chi connectivity index (χ2v) is 3.32. The van der Waals surface area contributed by atoms with Crippen molar-refractivity contribution in [2.45, 2.75) is 0 Å². The van der Waals surface area contributed by atoms with Crippen LogP contribution in [0.25, 0.3) is 0 Å². The van der Waals surface area contributed by atoms with Gasteiger partial charge in [-0.3, -0.25) is 4.79 Å². The Balaban J connectivity index is 2.10. The molecule has 0 aliphatic rings. The number of carbonyl (C=O) groups is 1. The van der Waals surface area contributed by atoms with Crippen LogP contribution >= 0.6 is 11.3 Å². The van der Waals surface area contributed by atoms with Gasteiger partial charge in [0.2, 0.25) is 0 Å². The lowest BCUT2D eigenvalue weighted by Crippen LogP contribution is -2.27. The zero-order chi connectivity index (χ0) is 10.2. The van der Waals surface area contributed by atoms with E-state index in [1.807, 2.05) is 0 Å². The predicted molar refractivity (Wildman–Crippen MR) is 52.4 cm³/mol. The number of nitrogens with one attached hydrogen (secondary N) is 1. The summed E-state index contributed by atoms with van der Waals surface area (Å²) >= 11 is 1.30. The molecule has 6 heteroatoms. The van der Waals surface area contributed by atoms with Crippen molar-refractivity contribution in [1.82, 2.24) is 10.3 Å². The fraction of sp³-hybridized carbons (Fsp3) is 0.500. The highest BCUT2D eigenvalue weighted by molar-refractivity contribution is 7.11. The lowest BCUT2D eigenvalue weighted by molar-refractivity contribution is 0.0838. The van der Waals surface area contributed by atoms with Gasteiger partial charge in [0, 0.05) is 18.1 Å². The van der Waals surface area contributed by atoms with Gasteiger partial charge in [0.05, 0.1) is 19.8 Å². The first-order chi connectivity index (χ1) is 6.84. The molecule has 0 aromatic carbocycles. The molecule has 0 fully saturated rings. The van der Waals surface area contributed by atoms with Crippen LogP contribution in [0, 0.1) is 0 Å². The number of hydrogen-bond donors (Lipinski definition) is 2. The van der Waals surface area contributed by atoms with Crippen molar-refractivity contribution < 1.29 is 14.6 Å². The van der Waals surface area contributed by atoms with Crippen LogP contribution in [0.5, 0.6) is 0 Å². The average Bonchev–Trinajstić information content (AvgIpc) is 2.70. The van der Waals surface area contributed by atoms with E-state index in [2.05, 4.69) is 10.3 Å². The van der Waals surface area contributed by atoms with Crippen LogP contribution in [0.4, 0.5) is 0 Å². The van der Waals surface area contributed by atoms with Gasteiger partial charge in [-0.2, -0.15) is 0 Å². The molecule has 1 heterocycles. The number of amides is 1. The molecule has 2 N–H and O–H groups in total. The highest BCUT2D eigenvalue weighted by Crippen LogP contribution is 2.02. The molecule has 0 radical (unpaired) electrons. The molecule has 14 heavy (non-hydrogen) atoms. The fourth-order valence-electron chi connectivity index (χ4n) is 0.815. The monoisotopic (exact) mass is 216 g/mol. The number of aromatic nitrogens is 1. The predicted octanol–water partition coefficient (Wildman–Crippen LogP) is -0.118. The van der Waals surface area contributed by atoms with Gasteiger partial charge in [0.15, 0.2) is 5.01 Å². The zero-order valence-electron chi connectivity index (χ0n) is 7.60. The van der Waals surface area contributed by atoms with Gasteiger partial charge in [0.25, 0.3) is 5.91 Å². The molecule has 0 saturated heterocycles. The van der Waals surface area contributed by atoms with Crippen molar-refractivity contribution in [3.63, 3.8) is 0 Å². The van der Waals surface area contributed by atoms with Crippen molar-refractivity contribution >= 4 is 17.2 Å². The number of aliphatic hydroxyl groups excluding tert-OH is 1. The van der Waals surface area contributed by atoms with E-state index in [4.69, 9.17) is 9.84 Å². The number of aliphatic hydroxyl groups is 1. The van der Waals surface area contributed by atoms with E-state index in [0.717, 1.165) is 0 Å². The Kier molecular flexibility index (Phi) is 5.13. The molecule has 0 spiro atoms. The Bertz CT molecular complexity index is 264. The van der Waals surface area contributed by atoms with E-state index < -0.39 is 0 Å². The van der Waals surface area contributed by atoms with Crippen LogP contribution in [-0.4, -0.2) is 42.4 Å². The Hall–Kier alpha value is -0.980. The van der Waals surface area contributed by atoms with Crippen LogP contribution in [0.2, 0.25) is 0 Å². The summed E-state index contributed by atoms with van der Waals surface area (Å²) in [6.07, 6.45) is 1.59. The minimum Gasteiger partial charge on any atom is -0.394 e. The topological polar surface area (TPSA) is 71.5 Å². The largest absolute Gasteiger partial charge is 0.394 e. The van der Waals surface area contributed by atoms with Gasteiger partial charge in [-0.15, -0.1) is 11.3 Å². The van der Waals surface area contributed by atoms with Crippen molar-refractivity contribution in [3.05, 3.63) is 16.6 Å². The highest BCUT2D eigenvalue weighted by Gasteiger charge is 2.05. The second kappa shape index (κ2) is 6.47. The zero-order valence-corrected chi connectivity index (χ0v) is 8.42. The molecule has 1 aromatic rings. The van der Waals surface area contributed by atoms with Gasteiger partial charge >= 0.3 is 0 Å². The molecule has 0 aliphatic heterocycles. The van der Waals surface area contributed by atoms with E-state index in [1.165, 1.54) is 11.3 Å². The molecule has 0 unspecified atom stereocenters. The van der Waals surface area contributed by atoms with E-state index in [0.29, 0.717) is 24.8 Å². The summed E-state index contributed by atoms with van der Waals surface area (Å²) in [5, 5.41) is 13.2. The van der Waals surface area contributed by atoms with Crippen molar-refractivity contribution in [2.24, 2.45) is 0 Å². The van der Waals surface area contributed by atoms with Crippen LogP contribution in [-0.2, 0) is 4.74 Å². The second-order valence-electron chi connectivity index (χ2n) is 2.43. The van der Waals surface area contributed by atoms with E-state index in [9.17, 15) is 4.79 Å². The third-order valence-electron chi connectivity index (χ3n) is 1.39. The van der Waals surface area contributed by atoms with E-state index >= 15 is 0 Å². The maximum absolute atomic E-state index is 11.3. The quantitative estimate of drug-likeness (QED) is 0.650. The van der Waals surface area contributed by atoms with E-state index in [-0.39, 0.29) is 12.5 Å². The molecular formula is C8H12N2O3S. The van der Waals surface area contributed by atoms with Crippen molar-refractivity contribution in [2.75, 3.05) is 26.4 Å². The minimum absolute atomic E-state index is 0.000423. The summed E-state index contributed by atoms with van der Waals surface area (Å²) in [6.45, 7) is 1.13. The van der Waals surface area contributed by atoms with Gasteiger partial charge in [-0.25, -0.2) is 4.98 Å². The number of carbonyl (C=O) groups excluding carboxylic acids is 1. The smallest absolute Gasteiger partial charge is 0.280 e. The highest BCUT2D eigenvalue weighted by atomic mass is 32.1. The number of rotatable bonds is 6. The molecule has 1 aromatic heterocycles. The Morgan fingerprint density at radius 1 is 1.64 bits per heavy atom. The molecule has 0 atom stereocenters. The molecule has 1 rings (SSSR count). The molecule has 5 nitrogen and oxygen atoms in total. The summed E-state index contributed by atoms with van der Waals surface area (Å²) in [7, 11) is 0. The number of nitrogens with zero attached hydrogens (tertiary/aromatic N) is 1. The van der Waals surface area contributed by atoms with Crippen molar-refractivity contribution in [1.29, 1.82) is 0 Å². The third kappa shape index (κ3) is 3.82. The Morgan fingerprint density at radius 2 is 2.50 bits per heavy atom. The SMILES string of the molecule is O=C(NCCOCCO)c1nccs1. The molecular weight excluding hydrogens is 204 g/mol. The lowest BCUT2D eigenvalue weighted by Gasteiger charge is -2.03. The first-order valence-electron chi connectivity index (χ1n) is 4.21. The maximum atomic E-state index is 11.3. The van der Waals surface area contributed by atoms with Gasteiger partial charge in [-0.05, 0) is 0 Å². The van der Waals surface area contributed by atoms with Gasteiger partial charge in [-0.1, -0.05) is 0 Å². The number of ether oxygens (including phenoxy) is 1. The first-order valence-corrected chi connectivity index (χ1v) is 5.09. The van der Waals surface area contributed by atoms with Gasteiger partial charge in [0.1, 0.15) is 0 Å². The normalized spacial score (nSPS) is 10.1. The molecule has 0 bridgehead atoms. The fourth-order valence-corrected chi connectivity index (χ4v) is 1.37. The van der Waals surface area contributed by atoms with Crippen LogP contribution in [0.15, 0.2) is 11.6 Å².